The third-order valence-electron chi connectivity index (χ3n) is 1.00. The Bertz CT molecular complexity index is 221. The van der Waals surface area contributed by atoms with E-state index in [2.05, 4.69) is 9.68 Å². The van der Waals surface area contributed by atoms with E-state index in [1.54, 1.807) is 0 Å². The molecule has 10 heavy (non-hydrogen) atoms. The Hall–Kier alpha value is -1.39. The number of nitrogens with zero attached hydrogens (tertiary/aromatic N) is 1. The lowest BCUT2D eigenvalue weighted by Crippen LogP contribution is -1.96. The van der Waals surface area contributed by atoms with E-state index >= 15 is 0 Å². The molecule has 0 amide bonds. The topological polar surface area (TPSA) is 87.3 Å². The molecule has 0 aliphatic carbocycles. The number of ether oxygens (including phenoxy) is 1. The molecular formula is C5H9N3O2. The number of hydrogen-bond donors (Lipinski definition) is 2. The maximum Gasteiger partial charge on any atom is 0.280 e. The molecule has 56 valence electrons. The fraction of sp³-hybridized carbons (Fsp3) is 0.400. The highest BCUT2D eigenvalue weighted by Crippen LogP contribution is 2.25. The zero-order valence-electron chi connectivity index (χ0n) is 5.63. The first kappa shape index (κ1) is 6.73. The molecule has 0 saturated carbocycles. The van der Waals surface area contributed by atoms with Crippen LogP contribution in [0.4, 0.5) is 11.6 Å². The summed E-state index contributed by atoms with van der Waals surface area (Å²) in [6.07, 6.45) is 0. The molecule has 4 N–H and O–H groups in total. The van der Waals surface area contributed by atoms with Crippen molar-refractivity contribution in [3.05, 3.63) is 0 Å². The maximum absolute atomic E-state index is 5.38. The van der Waals surface area contributed by atoms with Crippen LogP contribution in [0.2, 0.25) is 0 Å². The van der Waals surface area contributed by atoms with Gasteiger partial charge in [-0.3, -0.25) is 0 Å². The van der Waals surface area contributed by atoms with Crippen molar-refractivity contribution in [1.82, 2.24) is 5.16 Å². The van der Waals surface area contributed by atoms with Crippen LogP contribution in [0.5, 0.6) is 5.88 Å². The lowest BCUT2D eigenvalue weighted by Gasteiger charge is -1.95. The SMILES string of the molecule is CCOc1noc(N)c1N. The van der Waals surface area contributed by atoms with E-state index in [9.17, 15) is 0 Å². The molecule has 0 aromatic carbocycles. The lowest BCUT2D eigenvalue weighted by atomic mass is 10.5. The van der Waals surface area contributed by atoms with E-state index in [4.69, 9.17) is 16.2 Å². The van der Waals surface area contributed by atoms with Crippen molar-refractivity contribution >= 4 is 11.6 Å². The van der Waals surface area contributed by atoms with Gasteiger partial charge in [-0.05, 0) is 12.1 Å². The first-order valence-corrected chi connectivity index (χ1v) is 2.89. The molecule has 1 rings (SSSR count). The van der Waals surface area contributed by atoms with Gasteiger partial charge in [0, 0.05) is 0 Å². The first-order chi connectivity index (χ1) is 4.75. The summed E-state index contributed by atoms with van der Waals surface area (Å²) in [4.78, 5) is 0. The summed E-state index contributed by atoms with van der Waals surface area (Å²) in [6, 6.07) is 0. The van der Waals surface area contributed by atoms with Crippen LogP contribution in [0.3, 0.4) is 0 Å². The number of aromatic nitrogens is 1. The molecule has 0 radical (unpaired) electrons. The maximum atomic E-state index is 5.38. The Balaban J connectivity index is 2.83. The van der Waals surface area contributed by atoms with Gasteiger partial charge >= 0.3 is 0 Å². The summed E-state index contributed by atoms with van der Waals surface area (Å²) in [5.74, 6) is 0.364. The smallest absolute Gasteiger partial charge is 0.280 e. The zero-order chi connectivity index (χ0) is 7.56. The van der Waals surface area contributed by atoms with Crippen molar-refractivity contribution in [2.45, 2.75) is 6.92 Å². The predicted octanol–water partition coefficient (Wildman–Crippen LogP) is 0.238. The molecule has 5 nitrogen and oxygen atoms in total. The number of hydrogen-bond acceptors (Lipinski definition) is 5. The summed E-state index contributed by atoms with van der Waals surface area (Å²) in [5, 5.41) is 3.46. The van der Waals surface area contributed by atoms with Crippen LogP contribution in [-0.4, -0.2) is 11.8 Å². The summed E-state index contributed by atoms with van der Waals surface area (Å²) in [5.41, 5.74) is 10.9. The van der Waals surface area contributed by atoms with Gasteiger partial charge in [-0.1, -0.05) is 0 Å². The molecule has 5 heteroatoms. The van der Waals surface area contributed by atoms with Crippen LogP contribution < -0.4 is 16.2 Å². The van der Waals surface area contributed by atoms with Gasteiger partial charge in [0.2, 0.25) is 5.88 Å². The van der Waals surface area contributed by atoms with Crippen LogP contribution in [-0.2, 0) is 0 Å². The summed E-state index contributed by atoms with van der Waals surface area (Å²) in [6.45, 7) is 2.32. The van der Waals surface area contributed by atoms with Gasteiger partial charge in [0.25, 0.3) is 5.88 Å². The van der Waals surface area contributed by atoms with Crippen LogP contribution in [0.1, 0.15) is 6.92 Å². The third kappa shape index (κ3) is 0.975. The van der Waals surface area contributed by atoms with Crippen LogP contribution in [0.15, 0.2) is 4.52 Å². The Kier molecular flexibility index (Phi) is 1.66. The fourth-order valence-corrected chi connectivity index (χ4v) is 0.535. The van der Waals surface area contributed by atoms with Crippen molar-refractivity contribution in [2.75, 3.05) is 18.1 Å². The van der Waals surface area contributed by atoms with E-state index in [0.717, 1.165) is 0 Å². The summed E-state index contributed by atoms with van der Waals surface area (Å²) in [7, 11) is 0. The van der Waals surface area contributed by atoms with Crippen molar-refractivity contribution < 1.29 is 9.26 Å². The second kappa shape index (κ2) is 2.47. The first-order valence-electron chi connectivity index (χ1n) is 2.89. The Morgan fingerprint density at radius 2 is 2.30 bits per heavy atom. The predicted molar refractivity (Wildman–Crippen MR) is 36.5 cm³/mol. The molecule has 0 spiro atoms. The summed E-state index contributed by atoms with van der Waals surface area (Å²) < 4.78 is 9.47. The molecular weight excluding hydrogens is 134 g/mol. The van der Waals surface area contributed by atoms with Crippen LogP contribution >= 0.6 is 0 Å². The molecule has 0 saturated heterocycles. The number of anilines is 2. The molecule has 1 aromatic heterocycles. The Labute approximate surface area is 57.9 Å². The number of nitrogen functional groups attached to an aromatic ring is 2. The van der Waals surface area contributed by atoms with E-state index in [-0.39, 0.29) is 17.5 Å². The van der Waals surface area contributed by atoms with E-state index in [0.29, 0.717) is 6.61 Å². The van der Waals surface area contributed by atoms with Crippen molar-refractivity contribution in [1.29, 1.82) is 0 Å². The third-order valence-corrected chi connectivity index (χ3v) is 1.00. The van der Waals surface area contributed by atoms with Gasteiger partial charge in [0.1, 0.15) is 0 Å². The van der Waals surface area contributed by atoms with Crippen LogP contribution in [0, 0.1) is 0 Å². The van der Waals surface area contributed by atoms with Gasteiger partial charge in [-0.15, -0.1) is 0 Å². The second-order valence-electron chi connectivity index (χ2n) is 1.70. The van der Waals surface area contributed by atoms with Crippen molar-refractivity contribution in [3.8, 4) is 5.88 Å². The average molecular weight is 143 g/mol. The van der Waals surface area contributed by atoms with Gasteiger partial charge in [0.15, 0.2) is 5.69 Å². The van der Waals surface area contributed by atoms with E-state index in [1.807, 2.05) is 6.92 Å². The largest absolute Gasteiger partial charge is 0.474 e. The van der Waals surface area contributed by atoms with Crippen molar-refractivity contribution in [2.24, 2.45) is 0 Å². The quantitative estimate of drug-likeness (QED) is 0.619. The zero-order valence-corrected chi connectivity index (χ0v) is 5.63. The molecule has 0 atom stereocenters. The minimum Gasteiger partial charge on any atom is -0.474 e. The highest BCUT2D eigenvalue weighted by Gasteiger charge is 2.09. The van der Waals surface area contributed by atoms with Gasteiger partial charge in [-0.2, -0.15) is 0 Å². The molecule has 0 fully saturated rings. The molecule has 0 aliphatic rings. The second-order valence-corrected chi connectivity index (χ2v) is 1.70. The standard InChI is InChI=1S/C5H9N3O2/c1-2-9-5-3(6)4(7)10-8-5/h2,6-7H2,1H3. The molecule has 0 unspecified atom stereocenters. The van der Waals surface area contributed by atoms with E-state index in [1.165, 1.54) is 0 Å². The highest BCUT2D eigenvalue weighted by molar-refractivity contribution is 5.62. The average Bonchev–Trinajstić information content (AvgIpc) is 2.20. The fourth-order valence-electron chi connectivity index (χ4n) is 0.535. The monoisotopic (exact) mass is 143 g/mol. The minimum atomic E-state index is 0.100. The molecule has 0 bridgehead atoms. The number of nitrogens with two attached hydrogens (primary N) is 2. The Morgan fingerprint density at radius 3 is 2.70 bits per heavy atom. The highest BCUT2D eigenvalue weighted by atomic mass is 16.5. The molecule has 0 aliphatic heterocycles. The van der Waals surface area contributed by atoms with Gasteiger partial charge in [-0.25, -0.2) is 0 Å². The van der Waals surface area contributed by atoms with E-state index < -0.39 is 0 Å². The number of rotatable bonds is 2. The normalized spacial score (nSPS) is 9.70. The summed E-state index contributed by atoms with van der Waals surface area (Å²) >= 11 is 0. The van der Waals surface area contributed by atoms with Crippen molar-refractivity contribution in [3.63, 3.8) is 0 Å². The molecule has 1 heterocycles. The van der Waals surface area contributed by atoms with Gasteiger partial charge < -0.3 is 20.7 Å². The Morgan fingerprint density at radius 1 is 1.60 bits per heavy atom. The molecule has 1 aromatic rings. The lowest BCUT2D eigenvalue weighted by molar-refractivity contribution is 0.298. The van der Waals surface area contributed by atoms with Gasteiger partial charge in [0.05, 0.1) is 6.61 Å². The minimum absolute atomic E-state index is 0.100. The van der Waals surface area contributed by atoms with Crippen LogP contribution in [0.25, 0.3) is 0 Å².